The lowest BCUT2D eigenvalue weighted by Crippen LogP contribution is -2.08. The predicted molar refractivity (Wildman–Crippen MR) is 79.9 cm³/mol. The molecule has 19 heavy (non-hydrogen) atoms. The van der Waals surface area contributed by atoms with Crippen molar-refractivity contribution in [3.8, 4) is 0 Å². The van der Waals surface area contributed by atoms with Gasteiger partial charge in [-0.2, -0.15) is 0 Å². The van der Waals surface area contributed by atoms with Crippen molar-refractivity contribution in [2.24, 2.45) is 0 Å². The highest BCUT2D eigenvalue weighted by atomic mass is 35.5. The second-order valence-electron chi connectivity index (χ2n) is 4.62. The zero-order valence-corrected chi connectivity index (χ0v) is 12.5. The number of halogens is 1. The summed E-state index contributed by atoms with van der Waals surface area (Å²) in [5, 5.41) is 1.08. The highest BCUT2D eigenvalue weighted by molar-refractivity contribution is 8.00. The molecule has 0 spiro atoms. The Kier molecular flexibility index (Phi) is 4.99. The number of hydrogen-bond acceptors (Lipinski definition) is 4. The standard InChI is InChI=1S/C14H18ClNO2S/c1-2-18-14(17)11-7-9(16)8-12(15)13(11)19-10-5-3-4-6-10/h7-8,10H,2-6,16H2,1H3. The van der Waals surface area contributed by atoms with Gasteiger partial charge < -0.3 is 10.5 Å². The number of rotatable bonds is 4. The van der Waals surface area contributed by atoms with Gasteiger partial charge in [-0.25, -0.2) is 4.79 Å². The Morgan fingerprint density at radius 1 is 1.47 bits per heavy atom. The molecule has 1 aliphatic carbocycles. The summed E-state index contributed by atoms with van der Waals surface area (Å²) in [6, 6.07) is 3.35. The molecule has 0 heterocycles. The van der Waals surface area contributed by atoms with Crippen molar-refractivity contribution < 1.29 is 9.53 Å². The summed E-state index contributed by atoms with van der Waals surface area (Å²) in [4.78, 5) is 12.8. The number of carbonyl (C=O) groups is 1. The summed E-state index contributed by atoms with van der Waals surface area (Å²) in [5.74, 6) is -0.350. The molecule has 0 radical (unpaired) electrons. The van der Waals surface area contributed by atoms with Gasteiger partial charge in [0, 0.05) is 15.8 Å². The second-order valence-corrected chi connectivity index (χ2v) is 6.34. The fourth-order valence-corrected chi connectivity index (χ4v) is 3.97. The van der Waals surface area contributed by atoms with E-state index in [4.69, 9.17) is 22.1 Å². The Labute approximate surface area is 122 Å². The first-order chi connectivity index (χ1) is 9.11. The predicted octanol–water partition coefficient (Wildman–Crippen LogP) is 4.13. The zero-order chi connectivity index (χ0) is 13.8. The smallest absolute Gasteiger partial charge is 0.339 e. The molecule has 1 fully saturated rings. The molecule has 0 aliphatic heterocycles. The SMILES string of the molecule is CCOC(=O)c1cc(N)cc(Cl)c1SC1CCCC1. The molecule has 1 aromatic carbocycles. The van der Waals surface area contributed by atoms with E-state index in [2.05, 4.69) is 0 Å². The summed E-state index contributed by atoms with van der Waals surface area (Å²) < 4.78 is 5.08. The highest BCUT2D eigenvalue weighted by Crippen LogP contribution is 2.41. The second kappa shape index (κ2) is 6.53. The van der Waals surface area contributed by atoms with Crippen molar-refractivity contribution >= 4 is 35.0 Å². The number of thioether (sulfide) groups is 1. The molecule has 0 amide bonds. The molecule has 1 aromatic rings. The summed E-state index contributed by atoms with van der Waals surface area (Å²) in [7, 11) is 0. The first kappa shape index (κ1) is 14.5. The van der Waals surface area contributed by atoms with Crippen molar-refractivity contribution in [1.29, 1.82) is 0 Å². The Balaban J connectivity index is 2.30. The van der Waals surface area contributed by atoms with Crippen molar-refractivity contribution in [2.45, 2.75) is 42.8 Å². The van der Waals surface area contributed by atoms with E-state index in [0.29, 0.717) is 28.1 Å². The van der Waals surface area contributed by atoms with Crippen LogP contribution in [0.5, 0.6) is 0 Å². The van der Waals surface area contributed by atoms with Crippen LogP contribution < -0.4 is 5.73 Å². The third-order valence-corrected chi connectivity index (χ3v) is 5.04. The number of ether oxygens (including phenoxy) is 1. The molecule has 5 heteroatoms. The molecule has 0 saturated heterocycles. The van der Waals surface area contributed by atoms with Crippen molar-refractivity contribution in [3.63, 3.8) is 0 Å². The lowest BCUT2D eigenvalue weighted by Gasteiger charge is -2.15. The molecule has 3 nitrogen and oxygen atoms in total. The van der Waals surface area contributed by atoms with Crippen LogP contribution in [0, 0.1) is 0 Å². The maximum absolute atomic E-state index is 12.0. The molecule has 1 saturated carbocycles. The summed E-state index contributed by atoms with van der Waals surface area (Å²) in [6.07, 6.45) is 4.85. The van der Waals surface area contributed by atoms with E-state index in [1.54, 1.807) is 30.8 Å². The van der Waals surface area contributed by atoms with Crippen LogP contribution in [0.15, 0.2) is 17.0 Å². The molecule has 2 N–H and O–H groups in total. The van der Waals surface area contributed by atoms with E-state index < -0.39 is 0 Å². The number of nitrogen functional groups attached to an aromatic ring is 1. The van der Waals surface area contributed by atoms with Gasteiger partial charge in [-0.1, -0.05) is 24.4 Å². The van der Waals surface area contributed by atoms with Gasteiger partial charge in [-0.3, -0.25) is 0 Å². The van der Waals surface area contributed by atoms with Crippen LogP contribution in [0.4, 0.5) is 5.69 Å². The van der Waals surface area contributed by atoms with E-state index >= 15 is 0 Å². The van der Waals surface area contributed by atoms with Crippen LogP contribution in [-0.4, -0.2) is 17.8 Å². The Morgan fingerprint density at radius 3 is 2.79 bits per heavy atom. The topological polar surface area (TPSA) is 52.3 Å². The maximum atomic E-state index is 12.0. The number of nitrogens with two attached hydrogens (primary N) is 1. The van der Waals surface area contributed by atoms with E-state index in [9.17, 15) is 4.79 Å². The van der Waals surface area contributed by atoms with Gasteiger partial charge >= 0.3 is 5.97 Å². The molecule has 0 atom stereocenters. The monoisotopic (exact) mass is 299 g/mol. The van der Waals surface area contributed by atoms with Gasteiger partial charge in [-0.05, 0) is 31.9 Å². The third-order valence-electron chi connectivity index (χ3n) is 3.15. The van der Waals surface area contributed by atoms with Crippen molar-refractivity contribution in [3.05, 3.63) is 22.7 Å². The number of benzene rings is 1. The summed E-state index contributed by atoms with van der Waals surface area (Å²) >= 11 is 7.93. The van der Waals surface area contributed by atoms with Crippen LogP contribution in [0.1, 0.15) is 43.0 Å². The molecular weight excluding hydrogens is 282 g/mol. The summed E-state index contributed by atoms with van der Waals surface area (Å²) in [5.41, 5.74) is 6.75. The summed E-state index contributed by atoms with van der Waals surface area (Å²) in [6.45, 7) is 2.13. The van der Waals surface area contributed by atoms with Crippen LogP contribution in [0.2, 0.25) is 5.02 Å². The van der Waals surface area contributed by atoms with E-state index in [1.165, 1.54) is 25.7 Å². The van der Waals surface area contributed by atoms with Crippen LogP contribution in [-0.2, 0) is 4.74 Å². The lowest BCUT2D eigenvalue weighted by molar-refractivity contribution is 0.0522. The van der Waals surface area contributed by atoms with E-state index in [0.717, 1.165) is 4.90 Å². The molecule has 0 aromatic heterocycles. The van der Waals surface area contributed by atoms with Gasteiger partial charge in [0.25, 0.3) is 0 Å². The first-order valence-corrected chi connectivity index (χ1v) is 7.80. The van der Waals surface area contributed by atoms with Crippen molar-refractivity contribution in [1.82, 2.24) is 0 Å². The average Bonchev–Trinajstić information content (AvgIpc) is 2.85. The molecule has 1 aliphatic rings. The lowest BCUT2D eigenvalue weighted by atomic mass is 10.2. The number of hydrogen-bond donors (Lipinski definition) is 1. The van der Waals surface area contributed by atoms with Crippen molar-refractivity contribution in [2.75, 3.05) is 12.3 Å². The normalized spacial score (nSPS) is 15.7. The highest BCUT2D eigenvalue weighted by Gasteiger charge is 2.23. The number of carbonyl (C=O) groups excluding carboxylic acids is 1. The molecule has 0 bridgehead atoms. The van der Waals surface area contributed by atoms with E-state index in [1.807, 2.05) is 0 Å². The Morgan fingerprint density at radius 2 is 2.16 bits per heavy atom. The third kappa shape index (κ3) is 3.57. The minimum atomic E-state index is -0.350. The average molecular weight is 300 g/mol. The van der Waals surface area contributed by atoms with Crippen LogP contribution in [0.25, 0.3) is 0 Å². The largest absolute Gasteiger partial charge is 0.462 e. The molecule has 104 valence electrons. The van der Waals surface area contributed by atoms with Crippen LogP contribution in [0.3, 0.4) is 0 Å². The van der Waals surface area contributed by atoms with Gasteiger partial charge in [0.15, 0.2) is 0 Å². The van der Waals surface area contributed by atoms with E-state index in [-0.39, 0.29) is 5.97 Å². The van der Waals surface area contributed by atoms with Gasteiger partial charge in [0.1, 0.15) is 0 Å². The number of esters is 1. The maximum Gasteiger partial charge on any atom is 0.339 e. The van der Waals surface area contributed by atoms with Crippen LogP contribution >= 0.6 is 23.4 Å². The fourth-order valence-electron chi connectivity index (χ4n) is 2.27. The first-order valence-electron chi connectivity index (χ1n) is 6.54. The Bertz CT molecular complexity index is 473. The minimum absolute atomic E-state index is 0.346. The fraction of sp³-hybridized carbons (Fsp3) is 0.500. The van der Waals surface area contributed by atoms with Gasteiger partial charge in [0.2, 0.25) is 0 Å². The minimum Gasteiger partial charge on any atom is -0.462 e. The van der Waals surface area contributed by atoms with Gasteiger partial charge in [-0.15, -0.1) is 11.8 Å². The van der Waals surface area contributed by atoms with Gasteiger partial charge in [0.05, 0.1) is 17.2 Å². The molecule has 2 rings (SSSR count). The molecular formula is C14H18ClNO2S. The quantitative estimate of drug-likeness (QED) is 0.671. The number of anilines is 1. The zero-order valence-electron chi connectivity index (χ0n) is 10.9. The molecule has 0 unspecified atom stereocenters. The Hall–Kier alpha value is -0.870.